The van der Waals surface area contributed by atoms with Crippen LogP contribution >= 0.6 is 0 Å². The van der Waals surface area contributed by atoms with Crippen molar-refractivity contribution in [2.24, 2.45) is 5.92 Å². The lowest BCUT2D eigenvalue weighted by molar-refractivity contribution is 0.211. The first-order chi connectivity index (χ1) is 7.77. The highest BCUT2D eigenvalue weighted by molar-refractivity contribution is 5.29. The Bertz CT molecular complexity index is 329. The van der Waals surface area contributed by atoms with E-state index < -0.39 is 6.17 Å². The quantitative estimate of drug-likeness (QED) is 0.736. The van der Waals surface area contributed by atoms with E-state index in [4.69, 9.17) is 0 Å². The van der Waals surface area contributed by atoms with Crippen LogP contribution in [-0.2, 0) is 0 Å². The number of rotatable bonds is 2. The molecule has 1 fully saturated rings. The van der Waals surface area contributed by atoms with E-state index in [1.54, 1.807) is 24.3 Å². The summed E-state index contributed by atoms with van der Waals surface area (Å²) in [6.07, 6.45) is 5.82. The molecule has 0 spiro atoms. The summed E-state index contributed by atoms with van der Waals surface area (Å²) in [7, 11) is 0. The molecule has 1 saturated carbocycles. The molecule has 1 unspecified atom stereocenters. The van der Waals surface area contributed by atoms with Crippen molar-refractivity contribution in [3.63, 3.8) is 0 Å². The molecule has 0 amide bonds. The van der Waals surface area contributed by atoms with Gasteiger partial charge in [0.1, 0.15) is 11.9 Å². The lowest BCUT2D eigenvalue weighted by atomic mass is 9.90. The number of phenolic OH excluding ortho intramolecular Hbond substituents is 1. The van der Waals surface area contributed by atoms with Crippen molar-refractivity contribution in [3.05, 3.63) is 29.8 Å². The third-order valence-corrected chi connectivity index (χ3v) is 3.50. The molecule has 1 atom stereocenters. The van der Waals surface area contributed by atoms with E-state index in [2.05, 4.69) is 0 Å². The molecule has 1 aromatic rings. The van der Waals surface area contributed by atoms with E-state index in [9.17, 15) is 9.50 Å². The Hall–Kier alpha value is -1.05. The van der Waals surface area contributed by atoms with Crippen LogP contribution in [0.15, 0.2) is 24.3 Å². The molecule has 0 aromatic heterocycles. The van der Waals surface area contributed by atoms with Crippen LogP contribution in [0.3, 0.4) is 0 Å². The van der Waals surface area contributed by atoms with Gasteiger partial charge < -0.3 is 5.11 Å². The lowest BCUT2D eigenvalue weighted by Gasteiger charge is -2.19. The summed E-state index contributed by atoms with van der Waals surface area (Å²) in [6, 6.07) is 6.63. The van der Waals surface area contributed by atoms with Crippen molar-refractivity contribution in [2.75, 3.05) is 0 Å². The van der Waals surface area contributed by atoms with Gasteiger partial charge in [-0.1, -0.05) is 37.8 Å². The van der Waals surface area contributed by atoms with Crippen molar-refractivity contribution >= 4 is 0 Å². The van der Waals surface area contributed by atoms with Gasteiger partial charge in [0, 0.05) is 0 Å². The van der Waals surface area contributed by atoms with Crippen molar-refractivity contribution in [1.82, 2.24) is 0 Å². The average Bonchev–Trinajstić information content (AvgIpc) is 2.56. The van der Waals surface area contributed by atoms with E-state index in [1.807, 2.05) is 0 Å². The highest BCUT2D eigenvalue weighted by Crippen LogP contribution is 2.36. The molecule has 1 aliphatic rings. The van der Waals surface area contributed by atoms with E-state index in [1.165, 1.54) is 12.8 Å². The number of halogens is 1. The Morgan fingerprint density at radius 3 is 2.44 bits per heavy atom. The first kappa shape index (κ1) is 11.4. The fraction of sp³-hybridized carbons (Fsp3) is 0.571. The van der Waals surface area contributed by atoms with Gasteiger partial charge in [0.2, 0.25) is 0 Å². The Labute approximate surface area is 96.3 Å². The van der Waals surface area contributed by atoms with E-state index in [0.29, 0.717) is 5.56 Å². The zero-order chi connectivity index (χ0) is 11.4. The van der Waals surface area contributed by atoms with Crippen LogP contribution in [0.5, 0.6) is 5.75 Å². The van der Waals surface area contributed by atoms with E-state index in [-0.39, 0.29) is 11.7 Å². The molecule has 1 aliphatic carbocycles. The Morgan fingerprint density at radius 1 is 1.12 bits per heavy atom. The topological polar surface area (TPSA) is 20.2 Å². The second kappa shape index (κ2) is 5.33. The van der Waals surface area contributed by atoms with Gasteiger partial charge in [0.15, 0.2) is 0 Å². The summed E-state index contributed by atoms with van der Waals surface area (Å²) in [6.45, 7) is 0. The molecule has 0 heterocycles. The predicted octanol–water partition coefficient (Wildman–Crippen LogP) is 4.37. The zero-order valence-electron chi connectivity index (χ0n) is 9.53. The standard InChI is InChI=1S/C14H19FO/c15-14(11-6-3-1-2-4-7-11)12-8-5-9-13(16)10-12/h5,8-11,14,16H,1-4,6-7H2. The number of alkyl halides is 1. The lowest BCUT2D eigenvalue weighted by Crippen LogP contribution is -2.07. The Morgan fingerprint density at radius 2 is 1.81 bits per heavy atom. The third-order valence-electron chi connectivity index (χ3n) is 3.50. The van der Waals surface area contributed by atoms with Gasteiger partial charge in [-0.05, 0) is 36.5 Å². The minimum Gasteiger partial charge on any atom is -0.508 e. The smallest absolute Gasteiger partial charge is 0.128 e. The summed E-state index contributed by atoms with van der Waals surface area (Å²) < 4.78 is 14.3. The van der Waals surface area contributed by atoms with Crippen LogP contribution < -0.4 is 0 Å². The fourth-order valence-corrected chi connectivity index (χ4v) is 2.57. The second-order valence-electron chi connectivity index (χ2n) is 4.75. The van der Waals surface area contributed by atoms with Crippen molar-refractivity contribution in [2.45, 2.75) is 44.7 Å². The van der Waals surface area contributed by atoms with Gasteiger partial charge in [0.25, 0.3) is 0 Å². The van der Waals surface area contributed by atoms with Crippen LogP contribution in [0.1, 0.15) is 50.3 Å². The van der Waals surface area contributed by atoms with Gasteiger partial charge in [-0.2, -0.15) is 0 Å². The maximum atomic E-state index is 14.3. The first-order valence-electron chi connectivity index (χ1n) is 6.20. The largest absolute Gasteiger partial charge is 0.508 e. The number of aromatic hydroxyl groups is 1. The fourth-order valence-electron chi connectivity index (χ4n) is 2.57. The SMILES string of the molecule is Oc1cccc(C(F)C2CCCCCC2)c1. The van der Waals surface area contributed by atoms with Gasteiger partial charge in [-0.25, -0.2) is 4.39 Å². The number of benzene rings is 1. The van der Waals surface area contributed by atoms with Crippen LogP contribution in [-0.4, -0.2) is 5.11 Å². The molecular formula is C14H19FO. The maximum absolute atomic E-state index is 14.3. The molecule has 2 heteroatoms. The summed E-state index contributed by atoms with van der Waals surface area (Å²) in [5.41, 5.74) is 0.631. The summed E-state index contributed by atoms with van der Waals surface area (Å²) >= 11 is 0. The van der Waals surface area contributed by atoms with Crippen molar-refractivity contribution < 1.29 is 9.50 Å². The molecule has 88 valence electrons. The highest BCUT2D eigenvalue weighted by atomic mass is 19.1. The minimum absolute atomic E-state index is 0.143. The molecule has 1 aromatic carbocycles. The van der Waals surface area contributed by atoms with Gasteiger partial charge in [-0.15, -0.1) is 0 Å². The molecular weight excluding hydrogens is 203 g/mol. The molecule has 1 nitrogen and oxygen atoms in total. The number of hydrogen-bond acceptors (Lipinski definition) is 1. The third kappa shape index (κ3) is 2.75. The maximum Gasteiger partial charge on any atom is 0.128 e. The molecule has 1 N–H and O–H groups in total. The highest BCUT2D eigenvalue weighted by Gasteiger charge is 2.23. The Balaban J connectivity index is 2.07. The molecule has 0 radical (unpaired) electrons. The molecule has 16 heavy (non-hydrogen) atoms. The van der Waals surface area contributed by atoms with Crippen LogP contribution in [0, 0.1) is 5.92 Å². The normalized spacial score (nSPS) is 20.3. The summed E-state index contributed by atoms with van der Waals surface area (Å²) in [4.78, 5) is 0. The van der Waals surface area contributed by atoms with Crippen molar-refractivity contribution in [3.8, 4) is 5.75 Å². The van der Waals surface area contributed by atoms with E-state index in [0.717, 1.165) is 25.7 Å². The van der Waals surface area contributed by atoms with Gasteiger partial charge in [0.05, 0.1) is 0 Å². The summed E-state index contributed by atoms with van der Waals surface area (Å²) in [5.74, 6) is 0.304. The van der Waals surface area contributed by atoms with Crippen LogP contribution in [0.4, 0.5) is 4.39 Å². The number of phenols is 1. The molecule has 2 rings (SSSR count). The van der Waals surface area contributed by atoms with Crippen LogP contribution in [0.25, 0.3) is 0 Å². The zero-order valence-corrected chi connectivity index (χ0v) is 9.53. The monoisotopic (exact) mass is 222 g/mol. The predicted molar refractivity (Wildman–Crippen MR) is 63.1 cm³/mol. The molecule has 0 aliphatic heterocycles. The van der Waals surface area contributed by atoms with Crippen LogP contribution in [0.2, 0.25) is 0 Å². The van der Waals surface area contributed by atoms with Gasteiger partial charge >= 0.3 is 0 Å². The molecule has 0 bridgehead atoms. The second-order valence-corrected chi connectivity index (χ2v) is 4.75. The van der Waals surface area contributed by atoms with E-state index >= 15 is 0 Å². The van der Waals surface area contributed by atoms with Gasteiger partial charge in [-0.3, -0.25) is 0 Å². The Kier molecular flexibility index (Phi) is 3.81. The molecule has 0 saturated heterocycles. The first-order valence-corrected chi connectivity index (χ1v) is 6.20. The minimum atomic E-state index is -0.912. The average molecular weight is 222 g/mol. The number of hydrogen-bond donors (Lipinski definition) is 1. The summed E-state index contributed by atoms with van der Waals surface area (Å²) in [5, 5.41) is 9.35. The van der Waals surface area contributed by atoms with Crippen molar-refractivity contribution in [1.29, 1.82) is 0 Å².